The molecule has 2 rings (SSSR count). The van der Waals surface area contributed by atoms with E-state index in [1.54, 1.807) is 4.90 Å². The van der Waals surface area contributed by atoms with E-state index in [0.717, 1.165) is 31.5 Å². The van der Waals surface area contributed by atoms with Crippen molar-refractivity contribution in [2.24, 2.45) is 5.73 Å². The summed E-state index contributed by atoms with van der Waals surface area (Å²) in [5.41, 5.74) is 9.51. The van der Waals surface area contributed by atoms with Crippen molar-refractivity contribution < 1.29 is 4.79 Å². The predicted molar refractivity (Wildman–Crippen MR) is 82.1 cm³/mol. The second-order valence-electron chi connectivity index (χ2n) is 5.61. The van der Waals surface area contributed by atoms with Crippen molar-refractivity contribution in [3.8, 4) is 0 Å². The summed E-state index contributed by atoms with van der Waals surface area (Å²) in [4.78, 5) is 13.8. The van der Waals surface area contributed by atoms with Gasteiger partial charge in [0.2, 0.25) is 0 Å². The van der Waals surface area contributed by atoms with E-state index in [0.29, 0.717) is 0 Å². The molecule has 2 aliphatic carbocycles. The van der Waals surface area contributed by atoms with Gasteiger partial charge in [0.15, 0.2) is 0 Å². The van der Waals surface area contributed by atoms with Gasteiger partial charge in [-0.05, 0) is 49.3 Å². The Morgan fingerprint density at radius 3 is 2.90 bits per heavy atom. The van der Waals surface area contributed by atoms with Crippen LogP contribution in [0.4, 0.5) is 4.79 Å². The summed E-state index contributed by atoms with van der Waals surface area (Å²) >= 11 is 0. The molecule has 110 valence electrons. The second-order valence-corrected chi connectivity index (χ2v) is 5.61. The highest BCUT2D eigenvalue weighted by Gasteiger charge is 2.23. The van der Waals surface area contributed by atoms with Gasteiger partial charge in [0.05, 0.1) is 6.04 Å². The highest BCUT2D eigenvalue weighted by molar-refractivity contribution is 5.74. The van der Waals surface area contributed by atoms with Crippen LogP contribution < -0.4 is 11.1 Å². The number of nitrogens with zero attached hydrogens (tertiary/aromatic N) is 1. The molecule has 0 bridgehead atoms. The highest BCUT2D eigenvalue weighted by atomic mass is 16.2. The standard InChI is InChI=1S/C16H25N3O/c1-3-10-19(2)16(20)18-15-11-13(8-9-14(15)17)12-6-4-5-7-12/h6,8-9,15H,3-5,7,10-11,17H2,1-2H3,(H,18,20). The number of carbonyl (C=O) groups is 1. The Labute approximate surface area is 121 Å². The quantitative estimate of drug-likeness (QED) is 0.828. The number of urea groups is 1. The summed E-state index contributed by atoms with van der Waals surface area (Å²) in [7, 11) is 1.82. The third kappa shape index (κ3) is 3.44. The summed E-state index contributed by atoms with van der Waals surface area (Å²) in [6.45, 7) is 2.82. The van der Waals surface area contributed by atoms with Crippen LogP contribution in [0.15, 0.2) is 35.1 Å². The van der Waals surface area contributed by atoms with Gasteiger partial charge in [-0.25, -0.2) is 4.79 Å². The second kappa shape index (κ2) is 6.64. The van der Waals surface area contributed by atoms with E-state index in [4.69, 9.17) is 5.73 Å². The minimum Gasteiger partial charge on any atom is -0.400 e. The van der Waals surface area contributed by atoms with Crippen LogP contribution in [-0.4, -0.2) is 30.6 Å². The molecule has 0 aromatic carbocycles. The van der Waals surface area contributed by atoms with E-state index in [1.165, 1.54) is 24.0 Å². The monoisotopic (exact) mass is 275 g/mol. The molecule has 1 unspecified atom stereocenters. The highest BCUT2D eigenvalue weighted by Crippen LogP contribution is 2.30. The molecular formula is C16H25N3O. The predicted octanol–water partition coefficient (Wildman–Crippen LogP) is 2.69. The van der Waals surface area contributed by atoms with Crippen LogP contribution in [0.5, 0.6) is 0 Å². The topological polar surface area (TPSA) is 58.4 Å². The van der Waals surface area contributed by atoms with Crippen molar-refractivity contribution >= 4 is 6.03 Å². The molecule has 0 spiro atoms. The van der Waals surface area contributed by atoms with E-state index in [9.17, 15) is 4.79 Å². The van der Waals surface area contributed by atoms with Gasteiger partial charge in [-0.15, -0.1) is 0 Å². The van der Waals surface area contributed by atoms with Crippen molar-refractivity contribution in [2.75, 3.05) is 13.6 Å². The van der Waals surface area contributed by atoms with Crippen LogP contribution in [0.3, 0.4) is 0 Å². The Morgan fingerprint density at radius 2 is 2.25 bits per heavy atom. The summed E-state index contributed by atoms with van der Waals surface area (Å²) in [6.07, 6.45) is 11.7. The van der Waals surface area contributed by atoms with Gasteiger partial charge in [-0.1, -0.05) is 19.1 Å². The molecule has 0 aromatic heterocycles. The van der Waals surface area contributed by atoms with Crippen molar-refractivity contribution in [1.29, 1.82) is 0 Å². The van der Waals surface area contributed by atoms with Crippen molar-refractivity contribution in [3.05, 3.63) is 35.1 Å². The van der Waals surface area contributed by atoms with Crippen LogP contribution in [0.1, 0.15) is 39.0 Å². The lowest BCUT2D eigenvalue weighted by molar-refractivity contribution is 0.206. The summed E-state index contributed by atoms with van der Waals surface area (Å²) < 4.78 is 0. The first-order valence-electron chi connectivity index (χ1n) is 7.49. The molecule has 0 aliphatic heterocycles. The first-order chi connectivity index (χ1) is 9.61. The fourth-order valence-electron chi connectivity index (χ4n) is 2.75. The average Bonchev–Trinajstić information content (AvgIpc) is 2.95. The van der Waals surface area contributed by atoms with E-state index >= 15 is 0 Å². The Morgan fingerprint density at radius 1 is 1.45 bits per heavy atom. The number of amides is 2. The molecule has 0 heterocycles. The Balaban J connectivity index is 1.98. The minimum absolute atomic E-state index is 0.0464. The molecule has 0 fully saturated rings. The van der Waals surface area contributed by atoms with Crippen LogP contribution in [0.25, 0.3) is 0 Å². The molecule has 2 amide bonds. The zero-order chi connectivity index (χ0) is 14.5. The summed E-state index contributed by atoms with van der Waals surface area (Å²) in [5.74, 6) is 0. The van der Waals surface area contributed by atoms with E-state index < -0.39 is 0 Å². The number of hydrogen-bond acceptors (Lipinski definition) is 2. The fourth-order valence-corrected chi connectivity index (χ4v) is 2.75. The fraction of sp³-hybridized carbons (Fsp3) is 0.562. The average molecular weight is 275 g/mol. The largest absolute Gasteiger partial charge is 0.400 e. The van der Waals surface area contributed by atoms with Gasteiger partial charge in [-0.3, -0.25) is 0 Å². The first-order valence-corrected chi connectivity index (χ1v) is 7.49. The number of nitrogens with one attached hydrogen (secondary N) is 1. The van der Waals surface area contributed by atoms with Gasteiger partial charge in [0.1, 0.15) is 0 Å². The SMILES string of the molecule is CCCN(C)C(=O)NC1CC(C2=CCCC2)=CC=C1N. The minimum atomic E-state index is -0.0803. The number of carbonyl (C=O) groups excluding carboxylic acids is 1. The Bertz CT molecular complexity index is 462. The van der Waals surface area contributed by atoms with E-state index in [2.05, 4.69) is 24.4 Å². The maximum absolute atomic E-state index is 12.1. The van der Waals surface area contributed by atoms with Crippen LogP contribution >= 0.6 is 0 Å². The number of allylic oxidation sites excluding steroid dienone is 4. The molecule has 1 atom stereocenters. The van der Waals surface area contributed by atoms with Crippen molar-refractivity contribution in [3.63, 3.8) is 0 Å². The van der Waals surface area contributed by atoms with E-state index in [-0.39, 0.29) is 12.1 Å². The van der Waals surface area contributed by atoms with Gasteiger partial charge >= 0.3 is 6.03 Å². The molecule has 0 radical (unpaired) electrons. The van der Waals surface area contributed by atoms with Gasteiger partial charge in [0, 0.05) is 19.3 Å². The lowest BCUT2D eigenvalue weighted by Gasteiger charge is -2.27. The Hall–Kier alpha value is -1.71. The molecule has 0 aromatic rings. The lowest BCUT2D eigenvalue weighted by Crippen LogP contribution is -2.46. The van der Waals surface area contributed by atoms with Crippen LogP contribution in [-0.2, 0) is 0 Å². The van der Waals surface area contributed by atoms with Crippen molar-refractivity contribution in [1.82, 2.24) is 10.2 Å². The molecule has 0 saturated heterocycles. The maximum Gasteiger partial charge on any atom is 0.317 e. The van der Waals surface area contributed by atoms with Crippen molar-refractivity contribution in [2.45, 2.75) is 45.1 Å². The molecule has 20 heavy (non-hydrogen) atoms. The lowest BCUT2D eigenvalue weighted by atomic mass is 9.92. The molecule has 0 saturated carbocycles. The van der Waals surface area contributed by atoms with E-state index in [1.807, 2.05) is 13.1 Å². The normalized spacial score (nSPS) is 21.9. The zero-order valence-corrected chi connectivity index (χ0v) is 12.5. The maximum atomic E-state index is 12.1. The van der Waals surface area contributed by atoms with Crippen LogP contribution in [0, 0.1) is 0 Å². The molecule has 4 heteroatoms. The zero-order valence-electron chi connectivity index (χ0n) is 12.5. The smallest absolute Gasteiger partial charge is 0.317 e. The third-order valence-corrected chi connectivity index (χ3v) is 3.96. The summed E-state index contributed by atoms with van der Waals surface area (Å²) in [5, 5.41) is 3.03. The van der Waals surface area contributed by atoms with Gasteiger partial charge in [0.25, 0.3) is 0 Å². The molecule has 4 nitrogen and oxygen atoms in total. The van der Waals surface area contributed by atoms with Gasteiger partial charge < -0.3 is 16.0 Å². The molecule has 2 aliphatic rings. The number of rotatable bonds is 4. The number of nitrogens with two attached hydrogens (primary N) is 1. The summed E-state index contributed by atoms with van der Waals surface area (Å²) in [6, 6.07) is -0.127. The third-order valence-electron chi connectivity index (χ3n) is 3.96. The molecular weight excluding hydrogens is 250 g/mol. The van der Waals surface area contributed by atoms with Crippen LogP contribution in [0.2, 0.25) is 0 Å². The first kappa shape index (κ1) is 14.7. The molecule has 3 N–H and O–H groups in total. The number of hydrogen-bond donors (Lipinski definition) is 2. The Kier molecular flexibility index (Phi) is 4.88. The van der Waals surface area contributed by atoms with Gasteiger partial charge in [-0.2, -0.15) is 0 Å².